The van der Waals surface area contributed by atoms with Crippen LogP contribution in [0.1, 0.15) is 18.2 Å². The van der Waals surface area contributed by atoms with Gasteiger partial charge in [-0.25, -0.2) is 4.79 Å². The summed E-state index contributed by atoms with van der Waals surface area (Å²) in [5.41, 5.74) is -0.537. The van der Waals surface area contributed by atoms with Crippen LogP contribution in [0, 0.1) is 6.92 Å². The van der Waals surface area contributed by atoms with E-state index in [1.807, 2.05) is 0 Å². The second kappa shape index (κ2) is 4.66. The van der Waals surface area contributed by atoms with Crippen LogP contribution in [0.15, 0.2) is 15.8 Å². The van der Waals surface area contributed by atoms with Crippen LogP contribution in [0.25, 0.3) is 0 Å². The Labute approximate surface area is 114 Å². The van der Waals surface area contributed by atoms with Gasteiger partial charge in [0.1, 0.15) is 12.3 Å². The molecule has 3 unspecified atom stereocenters. The summed E-state index contributed by atoms with van der Waals surface area (Å²) >= 11 is 0. The zero-order valence-corrected chi connectivity index (χ0v) is 12.0. The summed E-state index contributed by atoms with van der Waals surface area (Å²) in [7, 11) is -3.03. The number of aryl methyl sites for hydroxylation is 1. The minimum atomic E-state index is -3.03. The number of fused-ring (bicyclic) bond motifs is 1. The van der Waals surface area contributed by atoms with Crippen molar-refractivity contribution in [3.63, 3.8) is 0 Å². The first-order valence-electron chi connectivity index (χ1n) is 6.24. The first kappa shape index (κ1) is 13.8. The van der Waals surface area contributed by atoms with E-state index < -0.39 is 25.1 Å². The molecule has 20 heavy (non-hydrogen) atoms. The predicted molar refractivity (Wildman–Crippen MR) is 68.9 cm³/mol. The van der Waals surface area contributed by atoms with Crippen LogP contribution in [-0.4, -0.2) is 35.0 Å². The lowest BCUT2D eigenvalue weighted by atomic mass is 10.2. The molecule has 9 heteroatoms. The molecule has 0 radical (unpaired) electrons. The Morgan fingerprint density at radius 2 is 2.15 bits per heavy atom. The molecule has 110 valence electrons. The molecule has 8 nitrogen and oxygen atoms in total. The highest BCUT2D eigenvalue weighted by Crippen LogP contribution is 2.52. The van der Waals surface area contributed by atoms with Crippen LogP contribution in [0.2, 0.25) is 0 Å². The second-order valence-electron chi connectivity index (χ2n) is 5.05. The fourth-order valence-electron chi connectivity index (χ4n) is 2.42. The Bertz CT molecular complexity index is 695. The van der Waals surface area contributed by atoms with E-state index in [0.717, 1.165) is 0 Å². The Balaban J connectivity index is 1.88. The molecule has 0 spiro atoms. The van der Waals surface area contributed by atoms with Gasteiger partial charge >= 0.3 is 13.3 Å². The molecule has 2 saturated heterocycles. The molecule has 2 aliphatic heterocycles. The number of H-pyrrole nitrogens is 1. The van der Waals surface area contributed by atoms with Gasteiger partial charge in [-0.3, -0.25) is 18.9 Å². The topological polar surface area (TPSA) is 99.6 Å². The zero-order valence-electron chi connectivity index (χ0n) is 11.1. The van der Waals surface area contributed by atoms with Crippen LogP contribution in [0.4, 0.5) is 0 Å². The highest BCUT2D eigenvalue weighted by Gasteiger charge is 2.45. The molecule has 3 heterocycles. The monoisotopic (exact) mass is 302 g/mol. The van der Waals surface area contributed by atoms with Crippen molar-refractivity contribution < 1.29 is 18.3 Å². The van der Waals surface area contributed by atoms with Crippen LogP contribution in [0.5, 0.6) is 0 Å². The first-order valence-corrected chi connectivity index (χ1v) is 8.23. The maximum atomic E-state index is 11.8. The van der Waals surface area contributed by atoms with Crippen molar-refractivity contribution >= 4 is 7.60 Å². The SMILES string of the molecule is Cc1cn(C2CC3O[P@](C)(=O)OCC3O2)c(=O)[nH]c1=O. The van der Waals surface area contributed by atoms with E-state index in [9.17, 15) is 14.2 Å². The van der Waals surface area contributed by atoms with Crippen LogP contribution >= 0.6 is 7.60 Å². The number of hydrogen-bond acceptors (Lipinski definition) is 6. The van der Waals surface area contributed by atoms with Gasteiger partial charge in [0.15, 0.2) is 0 Å². The average molecular weight is 302 g/mol. The molecule has 2 fully saturated rings. The second-order valence-corrected chi connectivity index (χ2v) is 7.07. The van der Waals surface area contributed by atoms with E-state index in [2.05, 4.69) is 4.98 Å². The molecule has 3 rings (SSSR count). The van der Waals surface area contributed by atoms with Crippen molar-refractivity contribution in [3.8, 4) is 0 Å². The smallest absolute Gasteiger partial charge is 0.330 e. The number of rotatable bonds is 1. The minimum Gasteiger partial charge on any atom is -0.349 e. The average Bonchev–Trinajstić information content (AvgIpc) is 2.74. The zero-order chi connectivity index (χ0) is 14.5. The summed E-state index contributed by atoms with van der Waals surface area (Å²) in [6.45, 7) is 3.19. The molecule has 1 aromatic heterocycles. The molecular formula is C11H15N2O6P. The quantitative estimate of drug-likeness (QED) is 0.752. The molecule has 1 aromatic rings. The number of aromatic nitrogens is 2. The maximum Gasteiger partial charge on any atom is 0.330 e. The lowest BCUT2D eigenvalue weighted by Gasteiger charge is -2.28. The van der Waals surface area contributed by atoms with E-state index in [1.165, 1.54) is 17.4 Å². The van der Waals surface area contributed by atoms with Crippen molar-refractivity contribution in [1.29, 1.82) is 0 Å². The van der Waals surface area contributed by atoms with Crippen LogP contribution < -0.4 is 11.2 Å². The van der Waals surface area contributed by atoms with Gasteiger partial charge in [0.2, 0.25) is 0 Å². The van der Waals surface area contributed by atoms with Gasteiger partial charge in [0.05, 0.1) is 12.7 Å². The third-order valence-electron chi connectivity index (χ3n) is 3.44. The van der Waals surface area contributed by atoms with E-state index in [4.69, 9.17) is 13.8 Å². The molecule has 1 N–H and O–H groups in total. The molecule has 0 aromatic carbocycles. The van der Waals surface area contributed by atoms with Crippen molar-refractivity contribution in [2.45, 2.75) is 31.8 Å². The summed E-state index contributed by atoms with van der Waals surface area (Å²) in [6.07, 6.45) is 0.548. The fourth-order valence-corrected chi connectivity index (χ4v) is 3.61. The standard InChI is InChI=1S/C11H15N2O6P/c1-6-4-13(11(15)12-10(6)14)9-3-7-8(18-9)5-17-20(2,16)19-7/h4,7-9H,3,5H2,1-2H3,(H,12,14,15)/t7?,8?,9?,20-/m1/s1. The van der Waals surface area contributed by atoms with Crippen molar-refractivity contribution in [2.24, 2.45) is 0 Å². The number of hydrogen-bond donors (Lipinski definition) is 1. The summed E-state index contributed by atoms with van der Waals surface area (Å²) < 4.78 is 29.2. The summed E-state index contributed by atoms with van der Waals surface area (Å²) in [6, 6.07) is 0. The van der Waals surface area contributed by atoms with Gasteiger partial charge in [-0.15, -0.1) is 0 Å². The lowest BCUT2D eigenvalue weighted by Crippen LogP contribution is -2.33. The Morgan fingerprint density at radius 1 is 1.40 bits per heavy atom. The first-order chi connectivity index (χ1) is 9.35. The third-order valence-corrected chi connectivity index (χ3v) is 4.71. The largest absolute Gasteiger partial charge is 0.349 e. The normalized spacial score (nSPS) is 36.8. The molecule has 0 aliphatic carbocycles. The Kier molecular flexibility index (Phi) is 3.21. The van der Waals surface area contributed by atoms with Gasteiger partial charge in [-0.2, -0.15) is 0 Å². The molecule has 0 amide bonds. The highest BCUT2D eigenvalue weighted by atomic mass is 31.2. The molecular weight excluding hydrogens is 287 g/mol. The molecule has 2 aliphatic rings. The predicted octanol–water partition coefficient (Wildman–Crippen LogP) is 0.371. The highest BCUT2D eigenvalue weighted by molar-refractivity contribution is 7.53. The van der Waals surface area contributed by atoms with Gasteiger partial charge in [0, 0.05) is 24.8 Å². The van der Waals surface area contributed by atoms with Crippen LogP contribution in [0.3, 0.4) is 0 Å². The molecule has 0 saturated carbocycles. The molecule has 4 atom stereocenters. The van der Waals surface area contributed by atoms with Gasteiger partial charge in [-0.1, -0.05) is 0 Å². The number of nitrogens with one attached hydrogen (secondary N) is 1. The lowest BCUT2D eigenvalue weighted by molar-refractivity contribution is -0.0580. The third kappa shape index (κ3) is 2.40. The maximum absolute atomic E-state index is 11.8. The van der Waals surface area contributed by atoms with Gasteiger partial charge in [0.25, 0.3) is 5.56 Å². The van der Waals surface area contributed by atoms with Gasteiger partial charge < -0.3 is 13.8 Å². The van der Waals surface area contributed by atoms with E-state index in [1.54, 1.807) is 6.92 Å². The summed E-state index contributed by atoms with van der Waals surface area (Å²) in [5, 5.41) is 0. The molecule has 0 bridgehead atoms. The van der Waals surface area contributed by atoms with Gasteiger partial charge in [-0.05, 0) is 6.92 Å². The number of aromatic amines is 1. The summed E-state index contributed by atoms with van der Waals surface area (Å²) in [5.74, 6) is 0. The van der Waals surface area contributed by atoms with E-state index in [0.29, 0.717) is 12.0 Å². The van der Waals surface area contributed by atoms with E-state index >= 15 is 0 Å². The fraction of sp³-hybridized carbons (Fsp3) is 0.636. The summed E-state index contributed by atoms with van der Waals surface area (Å²) in [4.78, 5) is 25.4. The number of ether oxygens (including phenoxy) is 1. The minimum absolute atomic E-state index is 0.173. The van der Waals surface area contributed by atoms with Crippen molar-refractivity contribution in [2.75, 3.05) is 13.3 Å². The van der Waals surface area contributed by atoms with Crippen LogP contribution in [-0.2, 0) is 18.3 Å². The Hall–Kier alpha value is -1.21. The van der Waals surface area contributed by atoms with Crippen molar-refractivity contribution in [3.05, 3.63) is 32.6 Å². The number of nitrogens with zero attached hydrogens (tertiary/aromatic N) is 1. The van der Waals surface area contributed by atoms with E-state index in [-0.39, 0.29) is 18.8 Å². The Morgan fingerprint density at radius 3 is 2.90 bits per heavy atom. The van der Waals surface area contributed by atoms with Crippen molar-refractivity contribution in [1.82, 2.24) is 9.55 Å².